The third kappa shape index (κ3) is 4.80. The molecular weight excluding hydrogens is 270 g/mol. The van der Waals surface area contributed by atoms with Crippen LogP contribution in [0.25, 0.3) is 0 Å². The van der Waals surface area contributed by atoms with Gasteiger partial charge in [-0.2, -0.15) is 0 Å². The number of hydrogen-bond acceptors (Lipinski definition) is 3. The third-order valence-corrected chi connectivity index (χ3v) is 5.23. The van der Waals surface area contributed by atoms with Gasteiger partial charge in [-0.3, -0.25) is 0 Å². The highest BCUT2D eigenvalue weighted by atomic mass is 15.2. The molecule has 3 heteroatoms. The maximum absolute atomic E-state index is 3.64. The Labute approximate surface area is 135 Å². The van der Waals surface area contributed by atoms with E-state index >= 15 is 0 Å². The zero-order chi connectivity index (χ0) is 15.2. The molecule has 2 saturated heterocycles. The lowest BCUT2D eigenvalue weighted by molar-refractivity contribution is 0.155. The molecule has 0 bridgehead atoms. The Morgan fingerprint density at radius 3 is 2.41 bits per heavy atom. The van der Waals surface area contributed by atoms with Gasteiger partial charge >= 0.3 is 0 Å². The second-order valence-electron chi connectivity index (χ2n) is 7.06. The van der Waals surface area contributed by atoms with E-state index in [1.165, 1.54) is 82.5 Å². The summed E-state index contributed by atoms with van der Waals surface area (Å²) < 4.78 is 0. The van der Waals surface area contributed by atoms with Crippen LogP contribution in [0.1, 0.15) is 30.4 Å². The Hall–Kier alpha value is -0.900. The van der Waals surface area contributed by atoms with Gasteiger partial charge < -0.3 is 15.1 Å². The number of nitrogens with one attached hydrogen (secondary N) is 1. The molecule has 0 aliphatic carbocycles. The largest absolute Gasteiger partial charge is 0.314 e. The molecule has 0 radical (unpaired) electrons. The van der Waals surface area contributed by atoms with E-state index < -0.39 is 0 Å². The lowest BCUT2D eigenvalue weighted by Crippen LogP contribution is -2.45. The molecule has 2 aliphatic rings. The Balaban J connectivity index is 1.43. The number of likely N-dealkylation sites (N-methyl/N-ethyl adjacent to an activating group) is 1. The summed E-state index contributed by atoms with van der Waals surface area (Å²) in [7, 11) is 2.22. The molecule has 0 spiro atoms. The SMILES string of the molecule is CN1CCN(CCc2ccc(CC3CCCCN3)cc2)CC1. The number of hydrogen-bond donors (Lipinski definition) is 1. The maximum Gasteiger partial charge on any atom is 0.0110 e. The highest BCUT2D eigenvalue weighted by Gasteiger charge is 2.14. The van der Waals surface area contributed by atoms with Crippen molar-refractivity contribution in [1.82, 2.24) is 15.1 Å². The lowest BCUT2D eigenvalue weighted by atomic mass is 9.97. The first kappa shape index (κ1) is 16.0. The Bertz CT molecular complexity index is 428. The summed E-state index contributed by atoms with van der Waals surface area (Å²) in [5, 5.41) is 3.64. The van der Waals surface area contributed by atoms with Crippen molar-refractivity contribution in [2.45, 2.75) is 38.1 Å². The molecule has 0 aromatic heterocycles. The van der Waals surface area contributed by atoms with Gasteiger partial charge in [0.1, 0.15) is 0 Å². The number of benzene rings is 1. The van der Waals surface area contributed by atoms with Crippen molar-refractivity contribution in [2.24, 2.45) is 0 Å². The Morgan fingerprint density at radius 1 is 1.00 bits per heavy atom. The van der Waals surface area contributed by atoms with Crippen LogP contribution in [0.15, 0.2) is 24.3 Å². The topological polar surface area (TPSA) is 18.5 Å². The molecule has 0 saturated carbocycles. The van der Waals surface area contributed by atoms with Gasteiger partial charge in [-0.25, -0.2) is 0 Å². The van der Waals surface area contributed by atoms with E-state index in [4.69, 9.17) is 0 Å². The van der Waals surface area contributed by atoms with Crippen LogP contribution >= 0.6 is 0 Å². The molecule has 1 unspecified atom stereocenters. The standard InChI is InChI=1S/C19H31N3/c1-21-12-14-22(15-13-21)11-9-17-5-7-18(8-6-17)16-19-4-2-3-10-20-19/h5-8,19-20H,2-4,9-16H2,1H3. The Kier molecular flexibility index (Phi) is 5.88. The zero-order valence-corrected chi connectivity index (χ0v) is 14.1. The van der Waals surface area contributed by atoms with Crippen LogP contribution in [-0.4, -0.2) is 62.2 Å². The van der Waals surface area contributed by atoms with E-state index in [-0.39, 0.29) is 0 Å². The first-order valence-electron chi connectivity index (χ1n) is 9.02. The average Bonchev–Trinajstić information content (AvgIpc) is 2.57. The zero-order valence-electron chi connectivity index (χ0n) is 14.1. The quantitative estimate of drug-likeness (QED) is 0.899. The van der Waals surface area contributed by atoms with Crippen molar-refractivity contribution >= 4 is 0 Å². The number of piperazine rings is 1. The molecule has 122 valence electrons. The normalized spacial score (nSPS) is 24.5. The van der Waals surface area contributed by atoms with Gasteiger partial charge in [-0.1, -0.05) is 30.7 Å². The van der Waals surface area contributed by atoms with E-state index in [0.29, 0.717) is 6.04 Å². The predicted molar refractivity (Wildman–Crippen MR) is 93.4 cm³/mol. The van der Waals surface area contributed by atoms with Crippen molar-refractivity contribution in [2.75, 3.05) is 46.3 Å². The minimum absolute atomic E-state index is 0.699. The molecule has 1 atom stereocenters. The van der Waals surface area contributed by atoms with Crippen LogP contribution in [0.4, 0.5) is 0 Å². The number of rotatable bonds is 5. The van der Waals surface area contributed by atoms with Crippen LogP contribution in [0, 0.1) is 0 Å². The second-order valence-corrected chi connectivity index (χ2v) is 7.06. The summed E-state index contributed by atoms with van der Waals surface area (Å²) >= 11 is 0. The molecule has 2 aliphatic heterocycles. The molecule has 1 aromatic rings. The Morgan fingerprint density at radius 2 is 1.73 bits per heavy atom. The average molecular weight is 301 g/mol. The number of piperidine rings is 1. The van der Waals surface area contributed by atoms with E-state index in [0.717, 1.165) is 0 Å². The molecular formula is C19H31N3. The molecule has 3 rings (SSSR count). The molecule has 2 fully saturated rings. The van der Waals surface area contributed by atoms with E-state index in [9.17, 15) is 0 Å². The van der Waals surface area contributed by atoms with Crippen molar-refractivity contribution in [3.8, 4) is 0 Å². The summed E-state index contributed by atoms with van der Waals surface area (Å²) in [5.41, 5.74) is 2.97. The molecule has 3 nitrogen and oxygen atoms in total. The molecule has 1 N–H and O–H groups in total. The number of nitrogens with zero attached hydrogens (tertiary/aromatic N) is 2. The second kappa shape index (κ2) is 8.09. The fourth-order valence-electron chi connectivity index (χ4n) is 3.58. The van der Waals surface area contributed by atoms with Gasteiger partial charge in [0.05, 0.1) is 0 Å². The molecule has 2 heterocycles. The van der Waals surface area contributed by atoms with E-state index in [2.05, 4.69) is 46.4 Å². The summed E-state index contributed by atoms with van der Waals surface area (Å²) in [4.78, 5) is 5.02. The summed E-state index contributed by atoms with van der Waals surface area (Å²) in [6, 6.07) is 10.1. The van der Waals surface area contributed by atoms with Crippen LogP contribution < -0.4 is 5.32 Å². The monoisotopic (exact) mass is 301 g/mol. The van der Waals surface area contributed by atoms with Gasteiger partial charge in [-0.05, 0) is 50.4 Å². The minimum Gasteiger partial charge on any atom is -0.314 e. The van der Waals surface area contributed by atoms with E-state index in [1.54, 1.807) is 0 Å². The van der Waals surface area contributed by atoms with Gasteiger partial charge in [0.25, 0.3) is 0 Å². The van der Waals surface area contributed by atoms with Crippen LogP contribution in [0.2, 0.25) is 0 Å². The predicted octanol–water partition coefficient (Wildman–Crippen LogP) is 2.16. The summed E-state index contributed by atoms with van der Waals surface area (Å²) in [5.74, 6) is 0. The highest BCUT2D eigenvalue weighted by molar-refractivity contribution is 5.23. The minimum atomic E-state index is 0.699. The fourth-order valence-corrected chi connectivity index (χ4v) is 3.58. The van der Waals surface area contributed by atoms with Crippen molar-refractivity contribution < 1.29 is 0 Å². The summed E-state index contributed by atoms with van der Waals surface area (Å²) in [6.07, 6.45) is 6.46. The van der Waals surface area contributed by atoms with Crippen molar-refractivity contribution in [3.63, 3.8) is 0 Å². The van der Waals surface area contributed by atoms with Gasteiger partial charge in [0.15, 0.2) is 0 Å². The maximum atomic E-state index is 3.64. The third-order valence-electron chi connectivity index (χ3n) is 5.23. The van der Waals surface area contributed by atoms with Crippen LogP contribution in [0.5, 0.6) is 0 Å². The first-order chi connectivity index (χ1) is 10.8. The van der Waals surface area contributed by atoms with Gasteiger partial charge in [-0.15, -0.1) is 0 Å². The molecule has 1 aromatic carbocycles. The molecule has 0 amide bonds. The molecule has 22 heavy (non-hydrogen) atoms. The van der Waals surface area contributed by atoms with Gasteiger partial charge in [0.2, 0.25) is 0 Å². The van der Waals surface area contributed by atoms with Crippen molar-refractivity contribution in [1.29, 1.82) is 0 Å². The smallest absolute Gasteiger partial charge is 0.0110 e. The first-order valence-corrected chi connectivity index (χ1v) is 9.02. The van der Waals surface area contributed by atoms with Crippen LogP contribution in [0.3, 0.4) is 0 Å². The summed E-state index contributed by atoms with van der Waals surface area (Å²) in [6.45, 7) is 7.29. The van der Waals surface area contributed by atoms with E-state index in [1.807, 2.05) is 0 Å². The highest BCUT2D eigenvalue weighted by Crippen LogP contribution is 2.14. The van der Waals surface area contributed by atoms with Crippen molar-refractivity contribution in [3.05, 3.63) is 35.4 Å². The van der Waals surface area contributed by atoms with Gasteiger partial charge in [0, 0.05) is 38.8 Å². The fraction of sp³-hybridized carbons (Fsp3) is 0.684. The van der Waals surface area contributed by atoms with Crippen LogP contribution in [-0.2, 0) is 12.8 Å². The lowest BCUT2D eigenvalue weighted by Gasteiger charge is -2.32.